The van der Waals surface area contributed by atoms with Crippen LogP contribution in [0.4, 0.5) is 5.69 Å². The summed E-state index contributed by atoms with van der Waals surface area (Å²) < 4.78 is 11.8. The Bertz CT molecular complexity index is 1220. The molecule has 2 aromatic carbocycles. The predicted molar refractivity (Wildman–Crippen MR) is 133 cm³/mol. The number of methoxy groups -OCH3 is 1. The van der Waals surface area contributed by atoms with E-state index >= 15 is 0 Å². The molecule has 0 aliphatic carbocycles. The third-order valence-electron chi connectivity index (χ3n) is 7.46. The van der Waals surface area contributed by atoms with E-state index in [4.69, 9.17) is 21.1 Å². The molecule has 2 saturated heterocycles. The number of carbonyl (C=O) groups excluding carboxylic acids is 3. The Balaban J connectivity index is 1.26. The Hall–Kier alpha value is -3.06. The average Bonchev–Trinajstić information content (AvgIpc) is 3.22. The van der Waals surface area contributed by atoms with Crippen molar-refractivity contribution < 1.29 is 23.9 Å². The van der Waals surface area contributed by atoms with Gasteiger partial charge in [-0.25, -0.2) is 0 Å². The van der Waals surface area contributed by atoms with E-state index in [0.717, 1.165) is 11.1 Å². The number of ketones is 1. The first-order valence-electron chi connectivity index (χ1n) is 12.0. The van der Waals surface area contributed by atoms with Crippen LogP contribution in [0.2, 0.25) is 5.02 Å². The van der Waals surface area contributed by atoms with Crippen LogP contribution in [0.1, 0.15) is 47.2 Å². The van der Waals surface area contributed by atoms with Gasteiger partial charge in [-0.3, -0.25) is 14.4 Å². The summed E-state index contributed by atoms with van der Waals surface area (Å²) in [7, 11) is 1.58. The van der Waals surface area contributed by atoms with Crippen LogP contribution in [0.3, 0.4) is 0 Å². The number of nitrogens with zero attached hydrogens (tertiary/aromatic N) is 2. The molecule has 184 valence electrons. The zero-order valence-corrected chi connectivity index (χ0v) is 21.0. The number of rotatable bonds is 3. The highest BCUT2D eigenvalue weighted by atomic mass is 35.5. The standard InChI is InChI=1S/C27H29ClN2O5/c1-16-4-5-23(34-3)21(10-16)30-15-18(12-25(30)32)26(33)29-8-6-27(7-9-29)14-22(31)19-13-20(28)17(2)11-24(19)35-27/h4-5,10-11,13,18H,6-9,12,14-15H2,1-3H3. The summed E-state index contributed by atoms with van der Waals surface area (Å²) in [5.41, 5.74) is 2.51. The zero-order valence-electron chi connectivity index (χ0n) is 20.2. The summed E-state index contributed by atoms with van der Waals surface area (Å²) in [6.07, 6.45) is 1.60. The first-order chi connectivity index (χ1) is 16.7. The molecule has 0 N–H and O–H groups in total. The highest BCUT2D eigenvalue weighted by Crippen LogP contribution is 2.42. The van der Waals surface area contributed by atoms with Gasteiger partial charge in [0.1, 0.15) is 17.1 Å². The Labute approximate surface area is 209 Å². The van der Waals surface area contributed by atoms with Gasteiger partial charge in [0.15, 0.2) is 5.78 Å². The third-order valence-corrected chi connectivity index (χ3v) is 7.86. The van der Waals surface area contributed by atoms with Gasteiger partial charge in [-0.1, -0.05) is 17.7 Å². The summed E-state index contributed by atoms with van der Waals surface area (Å²) >= 11 is 6.20. The first kappa shape index (κ1) is 23.7. The molecule has 0 aromatic heterocycles. The number of Topliss-reactive ketones (excluding diaryl/α,β-unsaturated/α-hetero) is 1. The van der Waals surface area contributed by atoms with Crippen molar-refractivity contribution in [1.29, 1.82) is 0 Å². The second kappa shape index (κ2) is 8.86. The van der Waals surface area contributed by atoms with Gasteiger partial charge in [0.05, 0.1) is 30.7 Å². The quantitative estimate of drug-likeness (QED) is 0.631. The molecule has 3 heterocycles. The summed E-state index contributed by atoms with van der Waals surface area (Å²) in [4.78, 5) is 42.5. The van der Waals surface area contributed by atoms with Crippen molar-refractivity contribution in [1.82, 2.24) is 4.90 Å². The van der Waals surface area contributed by atoms with Gasteiger partial charge >= 0.3 is 0 Å². The van der Waals surface area contributed by atoms with E-state index in [-0.39, 0.29) is 30.4 Å². The molecule has 1 unspecified atom stereocenters. The predicted octanol–water partition coefficient (Wildman–Crippen LogP) is 4.34. The van der Waals surface area contributed by atoms with Crippen LogP contribution in [0.5, 0.6) is 11.5 Å². The number of anilines is 1. The minimum absolute atomic E-state index is 0.0208. The van der Waals surface area contributed by atoms with Crippen LogP contribution < -0.4 is 14.4 Å². The third kappa shape index (κ3) is 4.27. The molecular formula is C27H29ClN2O5. The average molecular weight is 497 g/mol. The summed E-state index contributed by atoms with van der Waals surface area (Å²) in [6, 6.07) is 9.20. The summed E-state index contributed by atoms with van der Waals surface area (Å²) in [6.45, 7) is 5.17. The fourth-order valence-electron chi connectivity index (χ4n) is 5.40. The maximum Gasteiger partial charge on any atom is 0.228 e. The minimum atomic E-state index is -0.604. The first-order valence-corrected chi connectivity index (χ1v) is 12.3. The van der Waals surface area contributed by atoms with Gasteiger partial charge in [0, 0.05) is 43.9 Å². The number of hydrogen-bond donors (Lipinski definition) is 0. The van der Waals surface area contributed by atoms with Crippen molar-refractivity contribution in [2.24, 2.45) is 5.92 Å². The second-order valence-electron chi connectivity index (χ2n) is 9.89. The molecule has 0 bridgehead atoms. The topological polar surface area (TPSA) is 76.2 Å². The van der Waals surface area contributed by atoms with E-state index in [1.54, 1.807) is 18.1 Å². The van der Waals surface area contributed by atoms with E-state index in [9.17, 15) is 14.4 Å². The van der Waals surface area contributed by atoms with E-state index in [1.165, 1.54) is 0 Å². The molecule has 1 spiro atoms. The van der Waals surface area contributed by atoms with E-state index in [1.807, 2.05) is 43.0 Å². The van der Waals surface area contributed by atoms with Gasteiger partial charge in [-0.2, -0.15) is 0 Å². The van der Waals surface area contributed by atoms with E-state index in [2.05, 4.69) is 0 Å². The fraction of sp³-hybridized carbons (Fsp3) is 0.444. The molecule has 1 atom stereocenters. The molecule has 8 heteroatoms. The summed E-state index contributed by atoms with van der Waals surface area (Å²) in [5.74, 6) is 0.721. The van der Waals surface area contributed by atoms with Crippen LogP contribution >= 0.6 is 11.6 Å². The molecule has 3 aliphatic heterocycles. The van der Waals surface area contributed by atoms with Crippen molar-refractivity contribution >= 4 is 34.9 Å². The molecule has 2 aromatic rings. The Morgan fingerprint density at radius 1 is 1.14 bits per heavy atom. The van der Waals surface area contributed by atoms with Gasteiger partial charge in [0.25, 0.3) is 0 Å². The largest absolute Gasteiger partial charge is 0.495 e. The van der Waals surface area contributed by atoms with Crippen molar-refractivity contribution in [2.45, 2.75) is 45.1 Å². The number of carbonyl (C=O) groups is 3. The van der Waals surface area contributed by atoms with Crippen molar-refractivity contribution in [2.75, 3.05) is 31.6 Å². The Morgan fingerprint density at radius 2 is 1.89 bits per heavy atom. The van der Waals surface area contributed by atoms with Crippen molar-refractivity contribution in [3.8, 4) is 11.5 Å². The van der Waals surface area contributed by atoms with Crippen LogP contribution in [0.25, 0.3) is 0 Å². The molecule has 5 rings (SSSR count). The highest BCUT2D eigenvalue weighted by Gasteiger charge is 2.46. The van der Waals surface area contributed by atoms with Crippen LogP contribution in [-0.4, -0.2) is 54.8 Å². The fourth-order valence-corrected chi connectivity index (χ4v) is 5.57. The lowest BCUT2D eigenvalue weighted by atomic mass is 9.82. The van der Waals surface area contributed by atoms with Crippen molar-refractivity contribution in [3.63, 3.8) is 0 Å². The van der Waals surface area contributed by atoms with Crippen LogP contribution in [0.15, 0.2) is 30.3 Å². The lowest BCUT2D eigenvalue weighted by molar-refractivity contribution is -0.139. The van der Waals surface area contributed by atoms with Crippen LogP contribution in [0, 0.1) is 19.8 Å². The molecule has 35 heavy (non-hydrogen) atoms. The zero-order chi connectivity index (χ0) is 24.9. The number of hydrogen-bond acceptors (Lipinski definition) is 5. The molecular weight excluding hydrogens is 468 g/mol. The number of likely N-dealkylation sites (tertiary alicyclic amines) is 1. The number of benzene rings is 2. The number of halogens is 1. The maximum atomic E-state index is 13.4. The summed E-state index contributed by atoms with van der Waals surface area (Å²) in [5, 5.41) is 0.556. The number of amides is 2. The monoisotopic (exact) mass is 496 g/mol. The lowest BCUT2D eigenvalue weighted by Gasteiger charge is -2.44. The Kier molecular flexibility index (Phi) is 5.99. The molecule has 0 saturated carbocycles. The number of aryl methyl sites for hydroxylation is 2. The van der Waals surface area contributed by atoms with Crippen molar-refractivity contribution in [3.05, 3.63) is 52.0 Å². The van der Waals surface area contributed by atoms with E-state index in [0.29, 0.717) is 60.2 Å². The number of fused-ring (bicyclic) bond motifs is 1. The normalized spacial score (nSPS) is 21.2. The van der Waals surface area contributed by atoms with Gasteiger partial charge < -0.3 is 19.3 Å². The Morgan fingerprint density at radius 3 is 2.60 bits per heavy atom. The molecule has 7 nitrogen and oxygen atoms in total. The van der Waals surface area contributed by atoms with E-state index < -0.39 is 11.5 Å². The SMILES string of the molecule is COc1ccc(C)cc1N1CC(C(=O)N2CCC3(CC2)CC(=O)c2cc(Cl)c(C)cc2O3)CC1=O. The molecule has 3 aliphatic rings. The molecule has 2 amide bonds. The maximum absolute atomic E-state index is 13.4. The lowest BCUT2D eigenvalue weighted by Crippen LogP contribution is -2.53. The number of piperidine rings is 1. The second-order valence-corrected chi connectivity index (χ2v) is 10.3. The molecule has 2 fully saturated rings. The van der Waals surface area contributed by atoms with Crippen LogP contribution in [-0.2, 0) is 9.59 Å². The highest BCUT2D eigenvalue weighted by molar-refractivity contribution is 6.31. The van der Waals surface area contributed by atoms with Gasteiger partial charge in [-0.05, 0) is 49.2 Å². The minimum Gasteiger partial charge on any atom is -0.495 e. The smallest absolute Gasteiger partial charge is 0.228 e. The van der Waals surface area contributed by atoms with Gasteiger partial charge in [0.2, 0.25) is 11.8 Å². The van der Waals surface area contributed by atoms with Gasteiger partial charge in [-0.15, -0.1) is 0 Å². The number of ether oxygens (including phenoxy) is 2. The molecule has 0 radical (unpaired) electrons.